The first-order valence-electron chi connectivity index (χ1n) is 7.59. The third kappa shape index (κ3) is 3.83. The first-order valence-corrected chi connectivity index (χ1v) is 7.96. The summed E-state index contributed by atoms with van der Waals surface area (Å²) < 4.78 is 5.89. The molecule has 1 aliphatic rings. The van der Waals surface area contributed by atoms with Crippen LogP contribution in [-0.2, 0) is 4.74 Å². The van der Waals surface area contributed by atoms with E-state index in [1.807, 2.05) is 36.1 Å². The number of hydrogen-bond donors (Lipinski definition) is 1. The Balaban J connectivity index is 0.00000208. The fourth-order valence-electron chi connectivity index (χ4n) is 2.80. The molecule has 4 nitrogen and oxygen atoms in total. The van der Waals surface area contributed by atoms with Gasteiger partial charge in [-0.2, -0.15) is 0 Å². The van der Waals surface area contributed by atoms with Crippen LogP contribution < -0.4 is 5.73 Å². The van der Waals surface area contributed by atoms with E-state index in [-0.39, 0.29) is 30.5 Å². The molecule has 0 aromatic heterocycles. The Hall–Kier alpha value is -1.75. The molecule has 0 aliphatic carbocycles. The number of morpholine rings is 1. The first kappa shape index (κ1) is 18.6. The molecule has 1 saturated heterocycles. The number of carbonyl (C=O) groups excluding carboxylic acids is 1. The monoisotopic (exact) mass is 366 g/mol. The lowest BCUT2D eigenvalue weighted by atomic mass is 10.0. The molecule has 1 heterocycles. The van der Waals surface area contributed by atoms with E-state index in [0.717, 1.165) is 5.56 Å². The molecule has 2 N–H and O–H groups in total. The summed E-state index contributed by atoms with van der Waals surface area (Å²) in [4.78, 5) is 14.6. The fraction of sp³-hybridized carbons (Fsp3) is 0.278. The Morgan fingerprint density at radius 3 is 2.71 bits per heavy atom. The van der Waals surface area contributed by atoms with Crippen molar-refractivity contribution in [1.82, 2.24) is 4.90 Å². The zero-order valence-electron chi connectivity index (χ0n) is 13.3. The number of amides is 1. The van der Waals surface area contributed by atoms with Crippen LogP contribution >= 0.6 is 24.0 Å². The van der Waals surface area contributed by atoms with Crippen molar-refractivity contribution in [2.45, 2.75) is 19.1 Å². The summed E-state index contributed by atoms with van der Waals surface area (Å²) in [7, 11) is 0. The van der Waals surface area contributed by atoms with Crippen molar-refractivity contribution in [2.24, 2.45) is 0 Å². The highest BCUT2D eigenvalue weighted by Gasteiger charge is 2.31. The zero-order valence-corrected chi connectivity index (χ0v) is 14.9. The lowest BCUT2D eigenvalue weighted by Gasteiger charge is -2.38. The van der Waals surface area contributed by atoms with Gasteiger partial charge in [0.1, 0.15) is 6.10 Å². The molecule has 2 unspecified atom stereocenters. The number of nitrogen functional groups attached to an aromatic ring is 1. The van der Waals surface area contributed by atoms with E-state index in [2.05, 4.69) is 0 Å². The minimum atomic E-state index is -0.218. The van der Waals surface area contributed by atoms with Crippen molar-refractivity contribution >= 4 is 35.6 Å². The summed E-state index contributed by atoms with van der Waals surface area (Å²) in [5, 5.41) is 0.656. The van der Waals surface area contributed by atoms with Crippen LogP contribution in [-0.4, -0.2) is 30.0 Å². The van der Waals surface area contributed by atoms with E-state index >= 15 is 0 Å². The summed E-state index contributed by atoms with van der Waals surface area (Å²) in [5.41, 5.74) is 7.87. The number of ether oxygens (including phenoxy) is 1. The van der Waals surface area contributed by atoms with Gasteiger partial charge in [0.15, 0.2) is 0 Å². The highest BCUT2D eigenvalue weighted by molar-refractivity contribution is 6.31. The van der Waals surface area contributed by atoms with Crippen molar-refractivity contribution in [3.63, 3.8) is 0 Å². The zero-order chi connectivity index (χ0) is 16.4. The predicted molar refractivity (Wildman–Crippen MR) is 98.7 cm³/mol. The topological polar surface area (TPSA) is 55.6 Å². The molecule has 3 rings (SSSR count). The fourth-order valence-corrected chi connectivity index (χ4v) is 3.06. The number of hydrogen-bond acceptors (Lipinski definition) is 3. The molecular weight excluding hydrogens is 347 g/mol. The molecule has 0 saturated carbocycles. The van der Waals surface area contributed by atoms with E-state index in [4.69, 9.17) is 22.1 Å². The van der Waals surface area contributed by atoms with Gasteiger partial charge in [-0.3, -0.25) is 4.79 Å². The van der Waals surface area contributed by atoms with Crippen molar-refractivity contribution < 1.29 is 9.53 Å². The van der Waals surface area contributed by atoms with Crippen LogP contribution in [0.2, 0.25) is 5.02 Å². The highest BCUT2D eigenvalue weighted by Crippen LogP contribution is 2.30. The SMILES string of the molecule is CC1COC(c2ccccc2Cl)CN1C(=O)c1cccc(N)c1.Cl. The summed E-state index contributed by atoms with van der Waals surface area (Å²) in [5.74, 6) is -0.0369. The first-order chi connectivity index (χ1) is 11.1. The number of nitrogens with zero attached hydrogens (tertiary/aromatic N) is 1. The molecule has 0 bridgehead atoms. The van der Waals surface area contributed by atoms with Crippen LogP contribution in [0.4, 0.5) is 5.69 Å². The molecule has 2 aromatic rings. The normalized spacial score (nSPS) is 20.3. The van der Waals surface area contributed by atoms with E-state index in [0.29, 0.717) is 29.4 Å². The van der Waals surface area contributed by atoms with Crippen LogP contribution in [0.15, 0.2) is 48.5 Å². The van der Waals surface area contributed by atoms with Crippen LogP contribution in [0.1, 0.15) is 28.9 Å². The molecule has 24 heavy (non-hydrogen) atoms. The van der Waals surface area contributed by atoms with Crippen molar-refractivity contribution in [3.8, 4) is 0 Å². The Labute approximate surface area is 153 Å². The van der Waals surface area contributed by atoms with Gasteiger partial charge in [-0.25, -0.2) is 0 Å². The van der Waals surface area contributed by atoms with E-state index < -0.39 is 0 Å². The lowest BCUT2D eigenvalue weighted by molar-refractivity contribution is -0.0486. The number of nitrogens with two attached hydrogens (primary N) is 1. The van der Waals surface area contributed by atoms with Crippen molar-refractivity contribution in [2.75, 3.05) is 18.9 Å². The van der Waals surface area contributed by atoms with Crippen LogP contribution in [0.3, 0.4) is 0 Å². The quantitative estimate of drug-likeness (QED) is 0.818. The van der Waals surface area contributed by atoms with E-state index in [9.17, 15) is 4.79 Å². The average molecular weight is 367 g/mol. The van der Waals surface area contributed by atoms with Gasteiger partial charge in [0, 0.05) is 21.8 Å². The predicted octanol–water partition coefficient (Wildman–Crippen LogP) is 3.95. The summed E-state index contributed by atoms with van der Waals surface area (Å²) >= 11 is 6.26. The maximum absolute atomic E-state index is 12.8. The van der Waals surface area contributed by atoms with Gasteiger partial charge in [-0.1, -0.05) is 35.9 Å². The Bertz CT molecular complexity index is 724. The lowest BCUT2D eigenvalue weighted by Crippen LogP contribution is -2.48. The van der Waals surface area contributed by atoms with Crippen LogP contribution in [0.5, 0.6) is 0 Å². The van der Waals surface area contributed by atoms with Gasteiger partial charge in [0.25, 0.3) is 5.91 Å². The maximum atomic E-state index is 12.8. The minimum absolute atomic E-state index is 0. The van der Waals surface area contributed by atoms with E-state index in [1.54, 1.807) is 24.3 Å². The molecule has 0 radical (unpaired) electrons. The molecule has 2 aromatic carbocycles. The average Bonchev–Trinajstić information content (AvgIpc) is 2.55. The standard InChI is InChI=1S/C18H19ClN2O2.ClH/c1-12-11-23-17(15-7-2-3-8-16(15)19)10-21(12)18(22)13-5-4-6-14(20)9-13;/h2-9,12,17H,10-11,20H2,1H3;1H. The molecule has 0 spiro atoms. The van der Waals surface area contributed by atoms with Crippen LogP contribution in [0, 0.1) is 0 Å². The minimum Gasteiger partial charge on any atom is -0.399 e. The Morgan fingerprint density at radius 2 is 2.00 bits per heavy atom. The Kier molecular flexibility index (Phi) is 6.10. The van der Waals surface area contributed by atoms with Gasteiger partial charge >= 0.3 is 0 Å². The van der Waals surface area contributed by atoms with Crippen molar-refractivity contribution in [1.29, 1.82) is 0 Å². The van der Waals surface area contributed by atoms with Gasteiger partial charge in [-0.05, 0) is 31.2 Å². The maximum Gasteiger partial charge on any atom is 0.254 e. The highest BCUT2D eigenvalue weighted by atomic mass is 35.5. The number of halogens is 2. The molecule has 1 aliphatic heterocycles. The molecule has 1 fully saturated rings. The number of rotatable bonds is 2. The van der Waals surface area contributed by atoms with Gasteiger partial charge < -0.3 is 15.4 Å². The van der Waals surface area contributed by atoms with Gasteiger partial charge in [0.2, 0.25) is 0 Å². The second-order valence-corrected chi connectivity index (χ2v) is 6.18. The summed E-state index contributed by atoms with van der Waals surface area (Å²) in [6.07, 6.45) is -0.218. The van der Waals surface area contributed by atoms with Gasteiger partial charge in [0.05, 0.1) is 19.2 Å². The largest absolute Gasteiger partial charge is 0.399 e. The van der Waals surface area contributed by atoms with Gasteiger partial charge in [-0.15, -0.1) is 12.4 Å². The molecule has 1 amide bonds. The van der Waals surface area contributed by atoms with Crippen LogP contribution in [0.25, 0.3) is 0 Å². The third-order valence-corrected chi connectivity index (χ3v) is 4.42. The smallest absolute Gasteiger partial charge is 0.254 e. The second-order valence-electron chi connectivity index (χ2n) is 5.78. The summed E-state index contributed by atoms with van der Waals surface area (Å²) in [6.45, 7) is 2.93. The third-order valence-electron chi connectivity index (χ3n) is 4.08. The Morgan fingerprint density at radius 1 is 1.25 bits per heavy atom. The number of anilines is 1. The van der Waals surface area contributed by atoms with Crippen molar-refractivity contribution in [3.05, 3.63) is 64.7 Å². The number of benzene rings is 2. The summed E-state index contributed by atoms with van der Waals surface area (Å²) in [6, 6.07) is 14.6. The molecule has 2 atom stereocenters. The number of carbonyl (C=O) groups is 1. The molecular formula is C18H20Cl2N2O2. The molecule has 128 valence electrons. The van der Waals surface area contributed by atoms with E-state index in [1.165, 1.54) is 0 Å². The second kappa shape index (κ2) is 7.88. The molecule has 6 heteroatoms.